The average molecular weight is 288 g/mol. The molecule has 3 unspecified atom stereocenters. The van der Waals surface area contributed by atoms with E-state index in [0.29, 0.717) is 17.9 Å². The van der Waals surface area contributed by atoms with Gasteiger partial charge in [0, 0.05) is 30.7 Å². The zero-order chi connectivity index (χ0) is 15.2. The molecule has 1 N–H and O–H groups in total. The second-order valence-corrected chi connectivity index (χ2v) is 7.18. The first-order valence-electron chi connectivity index (χ1n) is 7.68. The van der Waals surface area contributed by atoms with Crippen molar-refractivity contribution in [3.8, 4) is 0 Å². The summed E-state index contributed by atoms with van der Waals surface area (Å²) >= 11 is 0. The van der Waals surface area contributed by atoms with Gasteiger partial charge in [0.2, 0.25) is 0 Å². The van der Waals surface area contributed by atoms with E-state index >= 15 is 0 Å². The Labute approximate surface area is 126 Å². The molecular weight excluding hydrogens is 264 g/mol. The molecule has 1 saturated heterocycles. The number of carbonyl (C=O) groups excluding carboxylic acids is 1. The highest BCUT2D eigenvalue weighted by molar-refractivity contribution is 5.69. The van der Waals surface area contributed by atoms with E-state index in [1.165, 1.54) is 11.3 Å². The lowest BCUT2D eigenvalue weighted by Gasteiger charge is -2.34. The molecule has 114 valence electrons. The molecule has 0 radical (unpaired) electrons. The first-order chi connectivity index (χ1) is 9.85. The van der Waals surface area contributed by atoms with E-state index in [9.17, 15) is 4.79 Å². The monoisotopic (exact) mass is 288 g/mol. The molecule has 1 amide bonds. The van der Waals surface area contributed by atoms with E-state index in [1.807, 2.05) is 25.7 Å². The van der Waals surface area contributed by atoms with E-state index in [2.05, 4.69) is 36.5 Å². The first kappa shape index (κ1) is 14.2. The molecule has 2 heterocycles. The number of ether oxygens (including phenoxy) is 1. The van der Waals surface area contributed by atoms with Gasteiger partial charge in [-0.25, -0.2) is 4.79 Å². The third-order valence-corrected chi connectivity index (χ3v) is 4.45. The van der Waals surface area contributed by atoms with Gasteiger partial charge < -0.3 is 15.0 Å². The van der Waals surface area contributed by atoms with E-state index in [1.54, 1.807) is 0 Å². The van der Waals surface area contributed by atoms with Crippen LogP contribution < -0.4 is 5.32 Å². The molecule has 1 fully saturated rings. The summed E-state index contributed by atoms with van der Waals surface area (Å²) in [7, 11) is 0. The van der Waals surface area contributed by atoms with Crippen LogP contribution in [-0.2, 0) is 4.74 Å². The van der Waals surface area contributed by atoms with Gasteiger partial charge in [0.05, 0.1) is 0 Å². The molecule has 4 nitrogen and oxygen atoms in total. The number of para-hydroxylation sites is 1. The smallest absolute Gasteiger partial charge is 0.410 e. The summed E-state index contributed by atoms with van der Waals surface area (Å²) in [5, 5.41) is 3.59. The average Bonchev–Trinajstić information content (AvgIpc) is 2.81. The normalized spacial score (nSPS) is 27.6. The van der Waals surface area contributed by atoms with Crippen molar-refractivity contribution in [3.63, 3.8) is 0 Å². The molecule has 2 aliphatic heterocycles. The van der Waals surface area contributed by atoms with E-state index in [0.717, 1.165) is 13.1 Å². The number of carbonyl (C=O) groups is 1. The molecule has 4 heteroatoms. The maximum Gasteiger partial charge on any atom is 0.410 e. The lowest BCUT2D eigenvalue weighted by Crippen LogP contribution is -2.37. The second-order valence-electron chi connectivity index (χ2n) is 7.18. The Morgan fingerprint density at radius 1 is 1.29 bits per heavy atom. The molecule has 0 spiro atoms. The van der Waals surface area contributed by atoms with Crippen molar-refractivity contribution >= 4 is 11.8 Å². The quantitative estimate of drug-likeness (QED) is 0.795. The van der Waals surface area contributed by atoms with Crippen LogP contribution in [0.15, 0.2) is 24.3 Å². The van der Waals surface area contributed by atoms with Crippen molar-refractivity contribution in [2.75, 3.05) is 18.4 Å². The molecule has 1 aromatic carbocycles. The zero-order valence-electron chi connectivity index (χ0n) is 13.2. The van der Waals surface area contributed by atoms with Crippen LogP contribution >= 0.6 is 0 Å². The molecule has 1 aromatic rings. The highest BCUT2D eigenvalue weighted by Crippen LogP contribution is 2.41. The summed E-state index contributed by atoms with van der Waals surface area (Å²) in [6, 6.07) is 8.76. The van der Waals surface area contributed by atoms with Crippen molar-refractivity contribution in [1.29, 1.82) is 0 Å². The summed E-state index contributed by atoms with van der Waals surface area (Å²) in [6.07, 6.45) is -0.199. The highest BCUT2D eigenvalue weighted by atomic mass is 16.6. The molecule has 0 aliphatic carbocycles. The van der Waals surface area contributed by atoms with E-state index in [4.69, 9.17) is 4.74 Å². The summed E-state index contributed by atoms with van der Waals surface area (Å²) < 4.78 is 5.50. The number of nitrogens with zero attached hydrogens (tertiary/aromatic N) is 1. The van der Waals surface area contributed by atoms with Crippen molar-refractivity contribution < 1.29 is 9.53 Å². The minimum atomic E-state index is -0.438. The maximum absolute atomic E-state index is 12.3. The summed E-state index contributed by atoms with van der Waals surface area (Å²) in [5.74, 6) is 0.910. The Balaban J connectivity index is 1.75. The number of fused-ring (bicyclic) bond motifs is 2. The Kier molecular flexibility index (Phi) is 3.34. The van der Waals surface area contributed by atoms with Crippen LogP contribution in [0.5, 0.6) is 0 Å². The summed E-state index contributed by atoms with van der Waals surface area (Å²) in [6.45, 7) is 9.47. The molecular formula is C17H24N2O2. The lowest BCUT2D eigenvalue weighted by molar-refractivity contribution is 0.0286. The van der Waals surface area contributed by atoms with Gasteiger partial charge in [-0.15, -0.1) is 0 Å². The largest absolute Gasteiger partial charge is 0.444 e. The minimum Gasteiger partial charge on any atom is -0.444 e. The van der Waals surface area contributed by atoms with Gasteiger partial charge in [0.25, 0.3) is 0 Å². The highest BCUT2D eigenvalue weighted by Gasteiger charge is 2.43. The number of nitrogens with one attached hydrogen (secondary N) is 1. The standard InChI is InChI=1S/C17H24N2O2/c1-11-12-7-5-6-8-14(12)18-15-10-19(9-13(11)15)16(20)21-17(2,3)4/h5-8,11,13,15,18H,9-10H2,1-4H3. The van der Waals surface area contributed by atoms with Crippen molar-refractivity contribution in [2.45, 2.75) is 45.3 Å². The number of amides is 1. The van der Waals surface area contributed by atoms with E-state index in [-0.39, 0.29) is 6.09 Å². The molecule has 21 heavy (non-hydrogen) atoms. The molecule has 0 saturated carbocycles. The fourth-order valence-electron chi connectivity index (χ4n) is 3.42. The summed E-state index contributed by atoms with van der Waals surface area (Å²) in [4.78, 5) is 14.1. The fourth-order valence-corrected chi connectivity index (χ4v) is 3.42. The zero-order valence-corrected chi connectivity index (χ0v) is 13.2. The molecule has 3 atom stereocenters. The Morgan fingerprint density at radius 3 is 2.71 bits per heavy atom. The molecule has 3 rings (SSSR count). The fraction of sp³-hybridized carbons (Fsp3) is 0.588. The predicted molar refractivity (Wildman–Crippen MR) is 83.6 cm³/mol. The number of anilines is 1. The Hall–Kier alpha value is -1.71. The SMILES string of the molecule is CC1c2ccccc2NC2CN(C(=O)OC(C)(C)C)CC21. The van der Waals surface area contributed by atoms with Crippen molar-refractivity contribution in [3.05, 3.63) is 29.8 Å². The molecule has 0 bridgehead atoms. The van der Waals surface area contributed by atoms with Crippen LogP contribution in [-0.4, -0.2) is 35.7 Å². The predicted octanol–water partition coefficient (Wildman–Crippen LogP) is 3.45. The number of benzene rings is 1. The van der Waals surface area contributed by atoms with Crippen LogP contribution in [0.25, 0.3) is 0 Å². The molecule has 2 aliphatic rings. The van der Waals surface area contributed by atoms with Crippen molar-refractivity contribution in [2.24, 2.45) is 5.92 Å². The van der Waals surface area contributed by atoms with Gasteiger partial charge >= 0.3 is 6.09 Å². The van der Waals surface area contributed by atoms with Crippen LogP contribution in [0.2, 0.25) is 0 Å². The minimum absolute atomic E-state index is 0.199. The van der Waals surface area contributed by atoms with Gasteiger partial charge in [-0.05, 0) is 38.3 Å². The van der Waals surface area contributed by atoms with Gasteiger partial charge in [-0.3, -0.25) is 0 Å². The van der Waals surface area contributed by atoms with Crippen LogP contribution in [0.3, 0.4) is 0 Å². The Bertz CT molecular complexity index is 550. The van der Waals surface area contributed by atoms with Gasteiger partial charge in [-0.2, -0.15) is 0 Å². The number of rotatable bonds is 0. The number of hydrogen-bond acceptors (Lipinski definition) is 3. The van der Waals surface area contributed by atoms with Gasteiger partial charge in [-0.1, -0.05) is 25.1 Å². The number of likely N-dealkylation sites (tertiary alicyclic amines) is 1. The number of hydrogen-bond donors (Lipinski definition) is 1. The van der Waals surface area contributed by atoms with Crippen LogP contribution in [0.4, 0.5) is 10.5 Å². The third kappa shape index (κ3) is 2.71. The van der Waals surface area contributed by atoms with E-state index < -0.39 is 5.60 Å². The van der Waals surface area contributed by atoms with Crippen LogP contribution in [0.1, 0.15) is 39.2 Å². The lowest BCUT2D eigenvalue weighted by atomic mass is 9.80. The Morgan fingerprint density at radius 2 is 2.00 bits per heavy atom. The summed E-state index contributed by atoms with van der Waals surface area (Å²) in [5.41, 5.74) is 2.12. The van der Waals surface area contributed by atoms with Crippen LogP contribution in [0, 0.1) is 5.92 Å². The third-order valence-electron chi connectivity index (χ3n) is 4.45. The van der Waals surface area contributed by atoms with Gasteiger partial charge in [0.1, 0.15) is 5.60 Å². The second kappa shape index (κ2) is 4.93. The van der Waals surface area contributed by atoms with Gasteiger partial charge in [0.15, 0.2) is 0 Å². The van der Waals surface area contributed by atoms with Crippen molar-refractivity contribution in [1.82, 2.24) is 4.90 Å². The maximum atomic E-state index is 12.3. The topological polar surface area (TPSA) is 41.6 Å². The molecule has 0 aromatic heterocycles. The first-order valence-corrected chi connectivity index (χ1v) is 7.68.